The first-order chi connectivity index (χ1) is 13.3. The van der Waals surface area contributed by atoms with Crippen LogP contribution < -0.4 is 9.64 Å². The van der Waals surface area contributed by atoms with Crippen molar-refractivity contribution in [2.75, 3.05) is 18.6 Å². The molecule has 0 saturated carbocycles. The Balaban J connectivity index is 1.67. The van der Waals surface area contributed by atoms with E-state index in [1.54, 1.807) is 18.9 Å². The molecule has 136 valence electrons. The zero-order valence-electron chi connectivity index (χ0n) is 15.1. The van der Waals surface area contributed by atoms with Crippen LogP contribution >= 0.6 is 11.8 Å². The number of benzene rings is 2. The summed E-state index contributed by atoms with van der Waals surface area (Å²) in [5, 5.41) is 11.2. The van der Waals surface area contributed by atoms with Crippen LogP contribution in [0.4, 0.5) is 5.69 Å². The molecule has 3 aliphatic rings. The van der Waals surface area contributed by atoms with Crippen LogP contribution in [0.25, 0.3) is 0 Å². The van der Waals surface area contributed by atoms with Crippen molar-refractivity contribution in [2.45, 2.75) is 29.9 Å². The van der Waals surface area contributed by atoms with E-state index in [9.17, 15) is 5.26 Å². The second-order valence-electron chi connectivity index (χ2n) is 7.09. The average molecular weight is 376 g/mol. The lowest BCUT2D eigenvalue weighted by Crippen LogP contribution is -2.49. The van der Waals surface area contributed by atoms with E-state index >= 15 is 0 Å². The van der Waals surface area contributed by atoms with Crippen LogP contribution in [0.5, 0.6) is 5.75 Å². The predicted molar refractivity (Wildman–Crippen MR) is 106 cm³/mol. The maximum atomic E-state index is 10.1. The quantitative estimate of drug-likeness (QED) is 0.746. The van der Waals surface area contributed by atoms with Gasteiger partial charge < -0.3 is 14.4 Å². The van der Waals surface area contributed by atoms with Gasteiger partial charge in [-0.15, -0.1) is 0 Å². The van der Waals surface area contributed by atoms with Crippen molar-refractivity contribution >= 4 is 17.4 Å². The normalized spacial score (nSPS) is 26.1. The summed E-state index contributed by atoms with van der Waals surface area (Å²) < 4.78 is 11.6. The largest absolute Gasteiger partial charge is 0.497 e. The number of para-hydroxylation sites is 1. The molecule has 0 unspecified atom stereocenters. The molecule has 0 aliphatic carbocycles. The number of anilines is 1. The fraction of sp³-hybridized carbons (Fsp3) is 0.318. The maximum absolute atomic E-state index is 10.1. The molecule has 5 heteroatoms. The lowest BCUT2D eigenvalue weighted by molar-refractivity contribution is -0.0323. The minimum atomic E-state index is -0.0194. The molecular weight excluding hydrogens is 356 g/mol. The van der Waals surface area contributed by atoms with Crippen LogP contribution in [0, 0.1) is 17.2 Å². The van der Waals surface area contributed by atoms with E-state index in [2.05, 4.69) is 47.4 Å². The van der Waals surface area contributed by atoms with Crippen LogP contribution in [0.3, 0.4) is 0 Å². The summed E-state index contributed by atoms with van der Waals surface area (Å²) in [6.45, 7) is 0.773. The van der Waals surface area contributed by atoms with Crippen molar-refractivity contribution in [3.8, 4) is 11.8 Å². The van der Waals surface area contributed by atoms with E-state index in [1.807, 2.05) is 12.1 Å². The standard InChI is InChI=1S/C22H20N2O2S/c1-25-15-10-8-14(9-11-15)20-16-5-4-12-26-21(16)24-18-6-2-3-7-19(18)27-22(24)17(20)13-23/h2-3,6-11,16,20-21H,4-5,12H2,1H3/t16-,20-,21-/m0/s1. The lowest BCUT2D eigenvalue weighted by Gasteiger charge is -2.46. The molecule has 0 bridgehead atoms. The van der Waals surface area contributed by atoms with Crippen molar-refractivity contribution in [1.29, 1.82) is 5.26 Å². The smallest absolute Gasteiger partial charge is 0.138 e. The number of ether oxygens (including phenoxy) is 2. The summed E-state index contributed by atoms with van der Waals surface area (Å²) in [5.74, 6) is 1.15. The van der Waals surface area contributed by atoms with Crippen molar-refractivity contribution in [2.24, 2.45) is 5.92 Å². The van der Waals surface area contributed by atoms with Crippen LogP contribution in [0.15, 0.2) is 64.0 Å². The summed E-state index contributed by atoms with van der Waals surface area (Å²) in [5.41, 5.74) is 3.18. The van der Waals surface area contributed by atoms with Gasteiger partial charge in [-0.2, -0.15) is 5.26 Å². The molecule has 0 aromatic heterocycles. The van der Waals surface area contributed by atoms with Crippen LogP contribution in [0.2, 0.25) is 0 Å². The highest BCUT2D eigenvalue weighted by atomic mass is 32.2. The zero-order valence-corrected chi connectivity index (χ0v) is 15.9. The average Bonchev–Trinajstić information content (AvgIpc) is 3.12. The lowest BCUT2D eigenvalue weighted by atomic mass is 9.74. The SMILES string of the molecule is COc1ccc([C@@H]2C(C#N)=C3Sc4ccccc4N3[C@H]3OCCC[C@@H]23)cc1. The summed E-state index contributed by atoms with van der Waals surface area (Å²) in [7, 11) is 1.67. The van der Waals surface area contributed by atoms with Gasteiger partial charge in [0.25, 0.3) is 0 Å². The maximum Gasteiger partial charge on any atom is 0.138 e. The second kappa shape index (κ2) is 6.63. The van der Waals surface area contributed by atoms with Gasteiger partial charge in [-0.25, -0.2) is 0 Å². The molecule has 3 aliphatic heterocycles. The Morgan fingerprint density at radius 3 is 2.78 bits per heavy atom. The van der Waals surface area contributed by atoms with Gasteiger partial charge in [0.1, 0.15) is 12.0 Å². The van der Waals surface area contributed by atoms with E-state index in [0.29, 0.717) is 0 Å². The van der Waals surface area contributed by atoms with Gasteiger partial charge >= 0.3 is 0 Å². The van der Waals surface area contributed by atoms with Gasteiger partial charge in [0.05, 0.1) is 29.5 Å². The number of rotatable bonds is 2. The molecule has 4 nitrogen and oxygen atoms in total. The van der Waals surface area contributed by atoms with Crippen molar-refractivity contribution in [1.82, 2.24) is 0 Å². The first-order valence-electron chi connectivity index (χ1n) is 9.28. The van der Waals surface area contributed by atoms with E-state index in [4.69, 9.17) is 9.47 Å². The number of hydrogen-bond acceptors (Lipinski definition) is 5. The first kappa shape index (κ1) is 16.7. The third-order valence-electron chi connectivity index (χ3n) is 5.71. The molecule has 27 heavy (non-hydrogen) atoms. The number of hydrogen-bond donors (Lipinski definition) is 0. The Kier molecular flexibility index (Phi) is 4.11. The summed E-state index contributed by atoms with van der Waals surface area (Å²) in [6, 6.07) is 19.1. The number of allylic oxidation sites excluding steroid dienone is 1. The highest BCUT2D eigenvalue weighted by Crippen LogP contribution is 2.57. The molecule has 5 rings (SSSR count). The summed E-state index contributed by atoms with van der Waals surface area (Å²) >= 11 is 1.69. The zero-order chi connectivity index (χ0) is 18.4. The molecule has 2 aromatic carbocycles. The highest BCUT2D eigenvalue weighted by molar-refractivity contribution is 8.03. The highest BCUT2D eigenvalue weighted by Gasteiger charge is 2.48. The molecule has 1 fully saturated rings. The molecule has 3 atom stereocenters. The van der Waals surface area contributed by atoms with E-state index in [1.165, 1.54) is 4.90 Å². The van der Waals surface area contributed by atoms with E-state index in [0.717, 1.165) is 47.1 Å². The second-order valence-corrected chi connectivity index (χ2v) is 8.12. The number of methoxy groups -OCH3 is 1. The van der Waals surface area contributed by atoms with Gasteiger partial charge in [0.2, 0.25) is 0 Å². The topological polar surface area (TPSA) is 45.5 Å². The van der Waals surface area contributed by atoms with Crippen molar-refractivity contribution < 1.29 is 9.47 Å². The molecule has 0 spiro atoms. The van der Waals surface area contributed by atoms with Crippen LogP contribution in [-0.2, 0) is 4.74 Å². The Morgan fingerprint density at radius 1 is 1.19 bits per heavy atom. The predicted octanol–water partition coefficient (Wildman–Crippen LogP) is 4.89. The minimum Gasteiger partial charge on any atom is -0.497 e. The van der Waals surface area contributed by atoms with Crippen molar-refractivity contribution in [3.05, 3.63) is 64.7 Å². The Labute approximate surface area is 163 Å². The number of nitriles is 1. The van der Waals surface area contributed by atoms with E-state index in [-0.39, 0.29) is 18.1 Å². The number of thioether (sulfide) groups is 1. The van der Waals surface area contributed by atoms with Crippen LogP contribution in [0.1, 0.15) is 24.3 Å². The minimum absolute atomic E-state index is 0.0194. The summed E-state index contributed by atoms with van der Waals surface area (Å²) in [6.07, 6.45) is 2.07. The van der Waals surface area contributed by atoms with Gasteiger partial charge in [0, 0.05) is 23.3 Å². The molecule has 0 radical (unpaired) electrons. The summed E-state index contributed by atoms with van der Waals surface area (Å²) in [4.78, 5) is 3.46. The monoisotopic (exact) mass is 376 g/mol. The molecule has 1 saturated heterocycles. The van der Waals surface area contributed by atoms with Crippen molar-refractivity contribution in [3.63, 3.8) is 0 Å². The van der Waals surface area contributed by atoms with Crippen LogP contribution in [-0.4, -0.2) is 19.9 Å². The Morgan fingerprint density at radius 2 is 2.00 bits per heavy atom. The third-order valence-corrected chi connectivity index (χ3v) is 6.88. The fourth-order valence-electron chi connectivity index (χ4n) is 4.52. The van der Waals surface area contributed by atoms with Gasteiger partial charge in [-0.3, -0.25) is 0 Å². The van der Waals surface area contributed by atoms with E-state index < -0.39 is 0 Å². The van der Waals surface area contributed by atoms with Gasteiger partial charge in [-0.1, -0.05) is 36.0 Å². The Bertz CT molecular complexity index is 948. The Hall–Kier alpha value is -2.42. The van der Waals surface area contributed by atoms with Gasteiger partial charge in [0.15, 0.2) is 0 Å². The third kappa shape index (κ3) is 2.55. The molecular formula is C22H20N2O2S. The first-order valence-corrected chi connectivity index (χ1v) is 10.1. The fourth-order valence-corrected chi connectivity index (χ4v) is 5.73. The van der Waals surface area contributed by atoms with Gasteiger partial charge in [-0.05, 0) is 42.7 Å². The molecule has 3 heterocycles. The molecule has 0 amide bonds. The molecule has 0 N–H and O–H groups in total. The molecule has 2 aromatic rings. The number of fused-ring (bicyclic) bond motifs is 5. The number of nitrogens with zero attached hydrogens (tertiary/aromatic N) is 2.